The molecule has 82 valence electrons. The average Bonchev–Trinajstić information content (AvgIpc) is 2.25. The summed E-state index contributed by atoms with van der Waals surface area (Å²) in [7, 11) is 1.57. The van der Waals surface area contributed by atoms with Crippen LogP contribution in [0.25, 0.3) is 0 Å². The highest BCUT2D eigenvalue weighted by molar-refractivity contribution is 9.11. The highest BCUT2D eigenvalue weighted by atomic mass is 79.9. The van der Waals surface area contributed by atoms with Crippen LogP contribution < -0.4 is 9.47 Å². The minimum atomic E-state index is -0.0182. The van der Waals surface area contributed by atoms with Gasteiger partial charge in [0, 0.05) is 4.48 Å². The second kappa shape index (κ2) is 5.78. The predicted octanol–water partition coefficient (Wildman–Crippen LogP) is 2.47. The molecule has 1 aromatic rings. The molecule has 0 heterocycles. The Labute approximate surface area is 97.5 Å². The zero-order valence-electron chi connectivity index (χ0n) is 8.50. The van der Waals surface area contributed by atoms with Crippen molar-refractivity contribution in [2.75, 3.05) is 13.7 Å². The number of hydrogen-bond acceptors (Lipinski definition) is 3. The van der Waals surface area contributed by atoms with Crippen LogP contribution in [0.2, 0.25) is 0 Å². The van der Waals surface area contributed by atoms with Crippen molar-refractivity contribution in [1.29, 1.82) is 0 Å². The lowest BCUT2D eigenvalue weighted by Crippen LogP contribution is -1.99. The number of aliphatic hydroxyl groups excluding tert-OH is 1. The number of aliphatic hydroxyl groups is 1. The van der Waals surface area contributed by atoms with Crippen molar-refractivity contribution in [2.24, 2.45) is 0 Å². The fourth-order valence-corrected chi connectivity index (χ4v) is 1.20. The lowest BCUT2D eigenvalue weighted by Gasteiger charge is -2.11. The van der Waals surface area contributed by atoms with Crippen LogP contribution in [0, 0.1) is 0 Å². The van der Waals surface area contributed by atoms with Gasteiger partial charge < -0.3 is 14.6 Å². The van der Waals surface area contributed by atoms with Gasteiger partial charge in [-0.05, 0) is 17.7 Å². The second-order valence-corrected chi connectivity index (χ2v) is 4.07. The molecule has 0 aliphatic rings. The Kier molecular flexibility index (Phi) is 4.65. The summed E-state index contributed by atoms with van der Waals surface area (Å²) in [6.07, 6.45) is 0. The van der Waals surface area contributed by atoms with E-state index in [1.165, 1.54) is 0 Å². The minimum Gasteiger partial charge on any atom is -0.493 e. The van der Waals surface area contributed by atoms with Gasteiger partial charge >= 0.3 is 0 Å². The molecule has 0 radical (unpaired) electrons. The molecule has 0 aliphatic carbocycles. The van der Waals surface area contributed by atoms with E-state index in [2.05, 4.69) is 22.5 Å². The average molecular weight is 273 g/mol. The zero-order valence-corrected chi connectivity index (χ0v) is 10.1. The first-order chi connectivity index (χ1) is 7.17. The molecule has 0 saturated carbocycles. The number of rotatable bonds is 5. The molecule has 3 nitrogen and oxygen atoms in total. The second-order valence-electron chi connectivity index (χ2n) is 2.95. The van der Waals surface area contributed by atoms with Crippen LogP contribution in [0.1, 0.15) is 5.56 Å². The van der Waals surface area contributed by atoms with E-state index in [1.807, 2.05) is 0 Å². The summed E-state index contributed by atoms with van der Waals surface area (Å²) in [6.45, 7) is 4.02. The molecule has 0 unspecified atom stereocenters. The number of benzene rings is 1. The zero-order chi connectivity index (χ0) is 11.3. The SMILES string of the molecule is C=C(Br)COc1cc(CO)ccc1OC. The Hall–Kier alpha value is -1.00. The summed E-state index contributed by atoms with van der Waals surface area (Å²) in [5.41, 5.74) is 0.783. The van der Waals surface area contributed by atoms with Gasteiger partial charge in [0.2, 0.25) is 0 Å². The Balaban J connectivity index is 2.85. The molecule has 0 atom stereocenters. The molecule has 0 spiro atoms. The Bertz CT molecular complexity index is 350. The van der Waals surface area contributed by atoms with Gasteiger partial charge in [-0.1, -0.05) is 28.6 Å². The van der Waals surface area contributed by atoms with Gasteiger partial charge in [-0.15, -0.1) is 0 Å². The lowest BCUT2D eigenvalue weighted by atomic mass is 10.2. The van der Waals surface area contributed by atoms with E-state index in [-0.39, 0.29) is 6.61 Å². The van der Waals surface area contributed by atoms with Crippen molar-refractivity contribution in [2.45, 2.75) is 6.61 Å². The predicted molar refractivity (Wildman–Crippen MR) is 62.5 cm³/mol. The highest BCUT2D eigenvalue weighted by Gasteiger charge is 2.05. The van der Waals surface area contributed by atoms with E-state index >= 15 is 0 Å². The molecule has 4 heteroatoms. The molecule has 0 bridgehead atoms. The standard InChI is InChI=1S/C11H13BrO3/c1-8(12)7-15-11-5-9(6-13)3-4-10(11)14-2/h3-5,13H,1,6-7H2,2H3. The van der Waals surface area contributed by atoms with Crippen LogP contribution in [0.4, 0.5) is 0 Å². The van der Waals surface area contributed by atoms with Crippen molar-refractivity contribution in [3.8, 4) is 11.5 Å². The van der Waals surface area contributed by atoms with Gasteiger partial charge in [0.1, 0.15) is 6.61 Å². The van der Waals surface area contributed by atoms with Gasteiger partial charge in [0.25, 0.3) is 0 Å². The molecule has 0 amide bonds. The number of halogens is 1. The van der Waals surface area contributed by atoms with Crippen LogP contribution in [0.5, 0.6) is 11.5 Å². The topological polar surface area (TPSA) is 38.7 Å². The summed E-state index contributed by atoms with van der Waals surface area (Å²) in [5, 5.41) is 8.98. The maximum Gasteiger partial charge on any atom is 0.162 e. The fourth-order valence-electron chi connectivity index (χ4n) is 1.09. The molecular weight excluding hydrogens is 260 g/mol. The molecule has 1 aromatic carbocycles. The first-order valence-corrected chi connectivity index (χ1v) is 5.20. The van der Waals surface area contributed by atoms with Crippen LogP contribution in [0.3, 0.4) is 0 Å². The summed E-state index contributed by atoms with van der Waals surface area (Å²) in [4.78, 5) is 0. The third-order valence-corrected chi connectivity index (χ3v) is 2.02. The smallest absolute Gasteiger partial charge is 0.162 e. The van der Waals surface area contributed by atoms with Crippen molar-refractivity contribution < 1.29 is 14.6 Å². The van der Waals surface area contributed by atoms with Crippen molar-refractivity contribution in [3.63, 3.8) is 0 Å². The normalized spacial score (nSPS) is 9.80. The van der Waals surface area contributed by atoms with E-state index in [1.54, 1.807) is 25.3 Å². The molecular formula is C11H13BrO3. The maximum absolute atomic E-state index is 8.98. The monoisotopic (exact) mass is 272 g/mol. The summed E-state index contributed by atoms with van der Waals surface area (Å²) in [6, 6.07) is 5.29. The summed E-state index contributed by atoms with van der Waals surface area (Å²) >= 11 is 3.20. The van der Waals surface area contributed by atoms with Crippen molar-refractivity contribution >= 4 is 15.9 Å². The molecule has 1 N–H and O–H groups in total. The first kappa shape index (κ1) is 12.1. The van der Waals surface area contributed by atoms with E-state index in [0.29, 0.717) is 18.1 Å². The minimum absolute atomic E-state index is 0.0182. The Morgan fingerprint density at radius 3 is 2.73 bits per heavy atom. The first-order valence-electron chi connectivity index (χ1n) is 4.41. The van der Waals surface area contributed by atoms with E-state index < -0.39 is 0 Å². The van der Waals surface area contributed by atoms with Gasteiger partial charge in [0.05, 0.1) is 13.7 Å². The van der Waals surface area contributed by atoms with Gasteiger partial charge in [0.15, 0.2) is 11.5 Å². The van der Waals surface area contributed by atoms with Crippen molar-refractivity contribution in [1.82, 2.24) is 0 Å². The van der Waals surface area contributed by atoms with E-state index in [4.69, 9.17) is 14.6 Å². The molecule has 0 aliphatic heterocycles. The quantitative estimate of drug-likeness (QED) is 0.895. The largest absolute Gasteiger partial charge is 0.493 e. The highest BCUT2D eigenvalue weighted by Crippen LogP contribution is 2.28. The van der Waals surface area contributed by atoms with Crippen LogP contribution >= 0.6 is 15.9 Å². The molecule has 1 rings (SSSR count). The summed E-state index contributed by atoms with van der Waals surface area (Å²) < 4.78 is 11.3. The van der Waals surface area contributed by atoms with E-state index in [9.17, 15) is 0 Å². The van der Waals surface area contributed by atoms with Gasteiger partial charge in [-0.25, -0.2) is 0 Å². The maximum atomic E-state index is 8.98. The molecule has 0 aromatic heterocycles. The van der Waals surface area contributed by atoms with E-state index in [0.717, 1.165) is 10.0 Å². The summed E-state index contributed by atoms with van der Waals surface area (Å²) in [5.74, 6) is 1.24. The molecule has 0 fully saturated rings. The third-order valence-electron chi connectivity index (χ3n) is 1.79. The van der Waals surface area contributed by atoms with Crippen LogP contribution in [-0.2, 0) is 6.61 Å². The molecule has 0 saturated heterocycles. The third kappa shape index (κ3) is 3.57. The van der Waals surface area contributed by atoms with Crippen molar-refractivity contribution in [3.05, 3.63) is 34.8 Å². The van der Waals surface area contributed by atoms with Crippen LogP contribution in [-0.4, -0.2) is 18.8 Å². The van der Waals surface area contributed by atoms with Crippen LogP contribution in [0.15, 0.2) is 29.3 Å². The number of methoxy groups -OCH3 is 1. The Morgan fingerprint density at radius 1 is 1.47 bits per heavy atom. The Morgan fingerprint density at radius 2 is 2.20 bits per heavy atom. The molecule has 15 heavy (non-hydrogen) atoms. The van der Waals surface area contributed by atoms with Gasteiger partial charge in [-0.2, -0.15) is 0 Å². The number of ether oxygens (including phenoxy) is 2. The fraction of sp³-hybridized carbons (Fsp3) is 0.273. The van der Waals surface area contributed by atoms with Gasteiger partial charge in [-0.3, -0.25) is 0 Å². The lowest BCUT2D eigenvalue weighted by molar-refractivity contribution is 0.279. The number of hydrogen-bond donors (Lipinski definition) is 1.